The Kier molecular flexibility index (Phi) is 4.47. The van der Waals surface area contributed by atoms with Crippen LogP contribution in [0.4, 0.5) is 0 Å². The molecule has 0 aliphatic rings. The minimum atomic E-state index is -0.555. The Morgan fingerprint density at radius 3 is 2.41 bits per heavy atom. The van der Waals surface area contributed by atoms with Crippen molar-refractivity contribution in [3.05, 3.63) is 52.5 Å². The van der Waals surface area contributed by atoms with Gasteiger partial charge in [-0.25, -0.2) is 4.85 Å². The number of esters is 1. The molecule has 0 amide bonds. The van der Waals surface area contributed by atoms with Gasteiger partial charge < -0.3 is 4.74 Å². The first-order chi connectivity index (χ1) is 8.10. The van der Waals surface area contributed by atoms with Crippen molar-refractivity contribution >= 4 is 11.5 Å². The standard InChI is InChI=1S/C14H15NO2/c1-5-17-14(16)13(15-4)11(3)12-8-6-10(2)7-9-12/h6-9H,5H2,1-3H3. The van der Waals surface area contributed by atoms with Crippen LogP contribution in [-0.4, -0.2) is 12.6 Å². The van der Waals surface area contributed by atoms with Gasteiger partial charge in [0.25, 0.3) is 5.70 Å². The minimum absolute atomic E-state index is 0.0516. The first kappa shape index (κ1) is 13.0. The molecule has 0 radical (unpaired) electrons. The van der Waals surface area contributed by atoms with Gasteiger partial charge in [-0.2, -0.15) is 0 Å². The van der Waals surface area contributed by atoms with Crippen molar-refractivity contribution in [2.45, 2.75) is 20.8 Å². The van der Waals surface area contributed by atoms with Crippen molar-refractivity contribution < 1.29 is 9.53 Å². The Morgan fingerprint density at radius 2 is 1.94 bits per heavy atom. The summed E-state index contributed by atoms with van der Waals surface area (Å²) in [6.07, 6.45) is 0. The molecule has 0 aliphatic heterocycles. The van der Waals surface area contributed by atoms with Gasteiger partial charge in [-0.05, 0) is 31.9 Å². The molecule has 0 aliphatic carbocycles. The van der Waals surface area contributed by atoms with Crippen LogP contribution in [0.25, 0.3) is 10.4 Å². The van der Waals surface area contributed by atoms with Crippen molar-refractivity contribution in [1.29, 1.82) is 0 Å². The summed E-state index contributed by atoms with van der Waals surface area (Å²) in [6, 6.07) is 7.70. The van der Waals surface area contributed by atoms with E-state index in [4.69, 9.17) is 11.3 Å². The van der Waals surface area contributed by atoms with Gasteiger partial charge in [-0.1, -0.05) is 29.8 Å². The Morgan fingerprint density at radius 1 is 1.35 bits per heavy atom. The van der Waals surface area contributed by atoms with E-state index in [9.17, 15) is 4.79 Å². The van der Waals surface area contributed by atoms with E-state index in [1.807, 2.05) is 31.2 Å². The molecule has 0 aromatic heterocycles. The third-order valence-corrected chi connectivity index (χ3v) is 2.42. The summed E-state index contributed by atoms with van der Waals surface area (Å²) in [4.78, 5) is 14.8. The molecule has 88 valence electrons. The van der Waals surface area contributed by atoms with E-state index in [0.717, 1.165) is 11.1 Å². The maximum Gasteiger partial charge on any atom is 0.336 e. The Labute approximate surface area is 102 Å². The molecule has 0 spiro atoms. The quantitative estimate of drug-likeness (QED) is 0.452. The number of hydrogen-bond donors (Lipinski definition) is 0. The largest absolute Gasteiger partial charge is 0.471 e. The molecule has 3 nitrogen and oxygen atoms in total. The van der Waals surface area contributed by atoms with Crippen LogP contribution in [0.3, 0.4) is 0 Å². The van der Waals surface area contributed by atoms with Gasteiger partial charge in [0.15, 0.2) is 0 Å². The Hall–Kier alpha value is -2.08. The van der Waals surface area contributed by atoms with Crippen LogP contribution in [0.15, 0.2) is 30.0 Å². The van der Waals surface area contributed by atoms with E-state index in [0.29, 0.717) is 5.57 Å². The zero-order valence-electron chi connectivity index (χ0n) is 10.3. The van der Waals surface area contributed by atoms with E-state index in [1.165, 1.54) is 0 Å². The summed E-state index contributed by atoms with van der Waals surface area (Å²) < 4.78 is 4.85. The molecule has 0 bridgehead atoms. The molecule has 0 saturated carbocycles. The summed E-state index contributed by atoms with van der Waals surface area (Å²) in [5.41, 5.74) is 2.71. The predicted molar refractivity (Wildman–Crippen MR) is 67.0 cm³/mol. The van der Waals surface area contributed by atoms with Crippen LogP contribution in [0, 0.1) is 13.5 Å². The van der Waals surface area contributed by atoms with Crippen LogP contribution in [0.2, 0.25) is 0 Å². The average Bonchev–Trinajstić information content (AvgIpc) is 2.31. The number of rotatable bonds is 3. The summed E-state index contributed by atoms with van der Waals surface area (Å²) >= 11 is 0. The Balaban J connectivity index is 3.13. The first-order valence-electron chi connectivity index (χ1n) is 5.42. The van der Waals surface area contributed by atoms with E-state index in [-0.39, 0.29) is 12.3 Å². The van der Waals surface area contributed by atoms with Crippen LogP contribution >= 0.6 is 0 Å². The Bertz CT molecular complexity index is 478. The van der Waals surface area contributed by atoms with E-state index >= 15 is 0 Å². The number of aryl methyl sites for hydroxylation is 1. The van der Waals surface area contributed by atoms with Gasteiger partial charge >= 0.3 is 5.97 Å². The highest BCUT2D eigenvalue weighted by atomic mass is 16.5. The number of nitrogens with zero attached hydrogens (tertiary/aromatic N) is 1. The van der Waals surface area contributed by atoms with Crippen molar-refractivity contribution in [3.8, 4) is 0 Å². The predicted octanol–water partition coefficient (Wildman–Crippen LogP) is 3.21. The number of benzene rings is 1. The van der Waals surface area contributed by atoms with Crippen molar-refractivity contribution in [3.63, 3.8) is 0 Å². The monoisotopic (exact) mass is 229 g/mol. The molecule has 0 unspecified atom stereocenters. The second-order valence-corrected chi connectivity index (χ2v) is 3.67. The fraction of sp³-hybridized carbons (Fsp3) is 0.286. The summed E-state index contributed by atoms with van der Waals surface area (Å²) in [7, 11) is 0. The van der Waals surface area contributed by atoms with E-state index in [1.54, 1.807) is 13.8 Å². The number of hydrogen-bond acceptors (Lipinski definition) is 2. The van der Waals surface area contributed by atoms with Gasteiger partial charge in [-0.3, -0.25) is 4.79 Å². The highest BCUT2D eigenvalue weighted by molar-refractivity contribution is 5.99. The second-order valence-electron chi connectivity index (χ2n) is 3.67. The zero-order chi connectivity index (χ0) is 12.8. The van der Waals surface area contributed by atoms with Crippen LogP contribution in [0.5, 0.6) is 0 Å². The molecule has 1 aromatic carbocycles. The van der Waals surface area contributed by atoms with Gasteiger partial charge in [0.1, 0.15) is 0 Å². The minimum Gasteiger partial charge on any atom is -0.471 e. The van der Waals surface area contributed by atoms with E-state index in [2.05, 4.69) is 4.85 Å². The molecule has 1 rings (SSSR count). The highest BCUT2D eigenvalue weighted by Gasteiger charge is 2.15. The molecule has 0 heterocycles. The number of allylic oxidation sites excluding steroid dienone is 1. The van der Waals surface area contributed by atoms with Gasteiger partial charge in [-0.15, -0.1) is 0 Å². The lowest BCUT2D eigenvalue weighted by atomic mass is 10.0. The lowest BCUT2D eigenvalue weighted by Crippen LogP contribution is -2.06. The number of carbonyl (C=O) groups is 1. The van der Waals surface area contributed by atoms with Crippen LogP contribution in [0.1, 0.15) is 25.0 Å². The topological polar surface area (TPSA) is 30.7 Å². The summed E-state index contributed by atoms with van der Waals surface area (Å²) in [6.45, 7) is 12.8. The van der Waals surface area contributed by atoms with Crippen molar-refractivity contribution in [2.24, 2.45) is 0 Å². The number of ether oxygens (including phenoxy) is 1. The zero-order valence-corrected chi connectivity index (χ0v) is 10.3. The van der Waals surface area contributed by atoms with Gasteiger partial charge in [0.2, 0.25) is 0 Å². The smallest absolute Gasteiger partial charge is 0.336 e. The fourth-order valence-corrected chi connectivity index (χ4v) is 1.42. The van der Waals surface area contributed by atoms with Crippen molar-refractivity contribution in [1.82, 2.24) is 0 Å². The van der Waals surface area contributed by atoms with Crippen molar-refractivity contribution in [2.75, 3.05) is 6.61 Å². The molecule has 3 heteroatoms. The highest BCUT2D eigenvalue weighted by Crippen LogP contribution is 2.20. The molecule has 0 atom stereocenters. The second kappa shape index (κ2) is 5.86. The summed E-state index contributed by atoms with van der Waals surface area (Å²) in [5.74, 6) is -0.555. The SMILES string of the molecule is [C-]#[N+]C(C(=O)OCC)=C(C)c1ccc(C)cc1. The molecular formula is C14H15NO2. The molecule has 1 aromatic rings. The molecule has 0 saturated heterocycles. The van der Waals surface area contributed by atoms with Crippen LogP contribution in [-0.2, 0) is 9.53 Å². The lowest BCUT2D eigenvalue weighted by molar-refractivity contribution is -0.138. The maximum atomic E-state index is 11.6. The van der Waals surface area contributed by atoms with Crippen LogP contribution < -0.4 is 0 Å². The molecule has 0 N–H and O–H groups in total. The summed E-state index contributed by atoms with van der Waals surface area (Å²) in [5, 5.41) is 0. The lowest BCUT2D eigenvalue weighted by Gasteiger charge is -2.06. The van der Waals surface area contributed by atoms with E-state index < -0.39 is 5.97 Å². The molecule has 17 heavy (non-hydrogen) atoms. The molecular weight excluding hydrogens is 214 g/mol. The third-order valence-electron chi connectivity index (χ3n) is 2.42. The first-order valence-corrected chi connectivity index (χ1v) is 5.42. The maximum absolute atomic E-state index is 11.6. The van der Waals surface area contributed by atoms with Gasteiger partial charge in [0, 0.05) is 0 Å². The van der Waals surface area contributed by atoms with Gasteiger partial charge in [0.05, 0.1) is 13.2 Å². The third kappa shape index (κ3) is 3.18. The average molecular weight is 229 g/mol. The normalized spacial score (nSPS) is 11.4. The number of carbonyl (C=O) groups excluding carboxylic acids is 1. The molecule has 0 fully saturated rings. The fourth-order valence-electron chi connectivity index (χ4n) is 1.42.